The third-order valence-corrected chi connectivity index (χ3v) is 11.5. The number of phenolic OH excluding ortho intramolecular Hbond substituents is 3. The smallest absolute Gasteiger partial charge is 0.325 e. The summed E-state index contributed by atoms with van der Waals surface area (Å²) in [5.41, 5.74) is -3.28. The van der Waals surface area contributed by atoms with Gasteiger partial charge in [-0.05, 0) is 49.6 Å². The molecule has 12 atom stereocenters. The number of benzene rings is 3. The molecule has 0 aromatic heterocycles. The van der Waals surface area contributed by atoms with E-state index in [2.05, 4.69) is 5.32 Å². The molecule has 0 saturated carbocycles. The zero-order chi connectivity index (χ0) is 43.1. The van der Waals surface area contributed by atoms with Crippen LogP contribution in [0.5, 0.6) is 23.0 Å². The van der Waals surface area contributed by atoms with Gasteiger partial charge in [0.15, 0.2) is 24.1 Å². The maximum atomic E-state index is 14.1. The highest BCUT2D eigenvalue weighted by Gasteiger charge is 2.50. The number of aliphatic carboxylic acids is 1. The Bertz CT molecular complexity index is 2260. The summed E-state index contributed by atoms with van der Waals surface area (Å²) in [7, 11) is 1.27. The number of carboxylic acid groups (broad SMARTS) is 1. The maximum absolute atomic E-state index is 14.1. The molecule has 7 rings (SSSR count). The van der Waals surface area contributed by atoms with Gasteiger partial charge in [0.25, 0.3) is 5.91 Å². The van der Waals surface area contributed by atoms with E-state index >= 15 is 0 Å². The van der Waals surface area contributed by atoms with Gasteiger partial charge in [-0.25, -0.2) is 0 Å². The number of nitrogens with one attached hydrogen (secondary N) is 1. The number of phenols is 3. The molecule has 0 bridgehead atoms. The molecular formula is C40H43NO18. The molecule has 19 heteroatoms. The normalized spacial score (nSPS) is 30.4. The highest BCUT2D eigenvalue weighted by molar-refractivity contribution is 6.31. The molecule has 59 heavy (non-hydrogen) atoms. The zero-order valence-corrected chi connectivity index (χ0v) is 32.1. The van der Waals surface area contributed by atoms with Gasteiger partial charge < -0.3 is 75.0 Å². The Balaban J connectivity index is 1.36. The van der Waals surface area contributed by atoms with Crippen LogP contribution in [-0.4, -0.2) is 138 Å². The number of carboxylic acids is 1. The van der Waals surface area contributed by atoms with E-state index in [0.717, 1.165) is 12.1 Å². The molecule has 2 fully saturated rings. The number of hydrogen-bond donors (Lipinski definition) is 10. The second kappa shape index (κ2) is 15.4. The maximum Gasteiger partial charge on any atom is 0.325 e. The summed E-state index contributed by atoms with van der Waals surface area (Å²) in [6.07, 6.45) is -15.1. The van der Waals surface area contributed by atoms with Crippen molar-refractivity contribution in [2.75, 3.05) is 13.7 Å². The van der Waals surface area contributed by atoms with E-state index in [0.29, 0.717) is 0 Å². The quantitative estimate of drug-likeness (QED) is 0.115. The second-order valence-electron chi connectivity index (χ2n) is 15.2. The molecule has 2 aliphatic carbocycles. The van der Waals surface area contributed by atoms with Crippen molar-refractivity contribution in [1.82, 2.24) is 5.32 Å². The van der Waals surface area contributed by atoms with Crippen LogP contribution in [0, 0.1) is 12.8 Å². The minimum atomic E-state index is -1.88. The SMILES string of the molecule is COc1cc(O)c2c(c1)C(=O)c1c(cc3c(c1O)-c1c(cc(C)c(C(=O)N[C@@H](C)C(=O)O)c1O)C(OC1OC(C)C(C)C(OC4OCC(O)C(O)C4O)C1O)C3O)C2=O. The van der Waals surface area contributed by atoms with Crippen molar-refractivity contribution >= 4 is 23.4 Å². The van der Waals surface area contributed by atoms with Gasteiger partial charge in [-0.3, -0.25) is 19.2 Å². The predicted molar refractivity (Wildman–Crippen MR) is 197 cm³/mol. The monoisotopic (exact) mass is 825 g/mol. The summed E-state index contributed by atoms with van der Waals surface area (Å²) in [6.45, 7) is 5.47. The summed E-state index contributed by atoms with van der Waals surface area (Å²) in [5.74, 6) is -7.20. The fraction of sp³-hybridized carbons (Fsp3) is 0.450. The van der Waals surface area contributed by atoms with Crippen LogP contribution in [0.25, 0.3) is 11.1 Å². The Morgan fingerprint density at radius 3 is 2.12 bits per heavy atom. The number of ether oxygens (including phenoxy) is 5. The minimum Gasteiger partial charge on any atom is -0.507 e. The Labute approximate surface area is 334 Å². The van der Waals surface area contributed by atoms with E-state index in [1.54, 1.807) is 13.8 Å². The van der Waals surface area contributed by atoms with E-state index < -0.39 is 148 Å². The lowest BCUT2D eigenvalue weighted by Gasteiger charge is -2.46. The fourth-order valence-corrected chi connectivity index (χ4v) is 8.08. The highest BCUT2D eigenvalue weighted by atomic mass is 16.7. The molecule has 2 heterocycles. The average Bonchev–Trinajstić information content (AvgIpc) is 3.18. The number of fused-ring (bicyclic) bond motifs is 5. The van der Waals surface area contributed by atoms with Gasteiger partial charge in [-0.2, -0.15) is 0 Å². The molecule has 4 aliphatic rings. The van der Waals surface area contributed by atoms with Gasteiger partial charge in [0, 0.05) is 34.2 Å². The van der Waals surface area contributed by atoms with E-state index in [4.69, 9.17) is 23.7 Å². The van der Waals surface area contributed by atoms with E-state index in [1.165, 1.54) is 33.1 Å². The molecule has 2 aliphatic heterocycles. The molecule has 11 unspecified atom stereocenters. The number of amides is 1. The first kappa shape index (κ1) is 41.9. The first-order chi connectivity index (χ1) is 27.8. The lowest BCUT2D eigenvalue weighted by molar-refractivity contribution is -0.345. The van der Waals surface area contributed by atoms with Crippen molar-refractivity contribution < 1.29 is 88.8 Å². The summed E-state index contributed by atoms with van der Waals surface area (Å²) in [6, 6.07) is 3.27. The summed E-state index contributed by atoms with van der Waals surface area (Å²) in [5, 5.41) is 101. The standard InChI is InChI=1S/C40H43NO18/c1-11-6-19-25(31(48)22(11)37(52)41-13(3)38(53)54)24-17(9-18-26(32(24)49)28(45)16-7-15(55-5)8-20(42)23(16)27(18)44)29(46)36(19)59-40-34(51)35(12(2)14(4)57-40)58-39-33(50)30(47)21(43)10-56-39/h6-9,12-14,21,29-30,33-36,39-40,42-43,46-51H,10H2,1-5H3,(H,41,52)(H,53,54)/t12?,13-,14?,21?,29?,30?,33?,34?,35?,36?,39?,40?/m0/s1. The van der Waals surface area contributed by atoms with E-state index in [-0.39, 0.29) is 33.6 Å². The number of carbonyl (C=O) groups excluding carboxylic acids is 3. The number of hydrogen-bond acceptors (Lipinski definition) is 17. The first-order valence-electron chi connectivity index (χ1n) is 18.6. The second-order valence-corrected chi connectivity index (χ2v) is 15.2. The number of aliphatic hydroxyl groups is 5. The van der Waals surface area contributed by atoms with Crippen molar-refractivity contribution in [3.63, 3.8) is 0 Å². The van der Waals surface area contributed by atoms with E-state index in [1.807, 2.05) is 0 Å². The molecule has 316 valence electrons. The van der Waals surface area contributed by atoms with Gasteiger partial charge in [0.05, 0.1) is 42.6 Å². The fourth-order valence-electron chi connectivity index (χ4n) is 8.08. The molecule has 1 amide bonds. The molecule has 3 aromatic carbocycles. The van der Waals surface area contributed by atoms with Crippen molar-refractivity contribution in [2.45, 2.75) is 95.1 Å². The molecule has 2 saturated heterocycles. The lowest BCUT2D eigenvalue weighted by atomic mass is 9.74. The Morgan fingerprint density at radius 2 is 1.46 bits per heavy atom. The van der Waals surface area contributed by atoms with E-state index in [9.17, 15) is 65.1 Å². The van der Waals surface area contributed by atoms with Crippen molar-refractivity contribution in [1.29, 1.82) is 0 Å². The van der Waals surface area contributed by atoms with Crippen LogP contribution in [0.4, 0.5) is 0 Å². The molecule has 19 nitrogen and oxygen atoms in total. The van der Waals surface area contributed by atoms with Crippen LogP contribution in [-0.2, 0) is 23.7 Å². The van der Waals surface area contributed by atoms with Gasteiger partial charge in [-0.1, -0.05) is 13.0 Å². The topological polar surface area (TPSA) is 309 Å². The summed E-state index contributed by atoms with van der Waals surface area (Å²) < 4.78 is 28.8. The number of carbonyl (C=O) groups is 4. The molecule has 0 radical (unpaired) electrons. The van der Waals surface area contributed by atoms with Crippen LogP contribution < -0.4 is 10.1 Å². The molecule has 10 N–H and O–H groups in total. The number of aliphatic hydroxyl groups excluding tert-OH is 5. The summed E-state index contributed by atoms with van der Waals surface area (Å²) >= 11 is 0. The zero-order valence-electron chi connectivity index (χ0n) is 32.1. The third kappa shape index (κ3) is 6.77. The minimum absolute atomic E-state index is 0.0192. The predicted octanol–water partition coefficient (Wildman–Crippen LogP) is 0.436. The molecule has 3 aromatic rings. The number of aromatic hydroxyl groups is 3. The van der Waals surface area contributed by atoms with Gasteiger partial charge in [0.1, 0.15) is 65.7 Å². The largest absolute Gasteiger partial charge is 0.507 e. The molecular weight excluding hydrogens is 782 g/mol. The summed E-state index contributed by atoms with van der Waals surface area (Å²) in [4.78, 5) is 53.2. The lowest BCUT2D eigenvalue weighted by Crippen LogP contribution is -2.60. The van der Waals surface area contributed by atoms with Gasteiger partial charge >= 0.3 is 5.97 Å². The highest BCUT2D eigenvalue weighted by Crippen LogP contribution is 2.57. The average molecular weight is 826 g/mol. The first-order valence-corrected chi connectivity index (χ1v) is 18.6. The number of rotatable bonds is 8. The Kier molecular flexibility index (Phi) is 11.0. The van der Waals surface area contributed by atoms with Crippen molar-refractivity contribution in [3.05, 3.63) is 68.8 Å². The van der Waals surface area contributed by atoms with Crippen molar-refractivity contribution in [3.8, 4) is 34.1 Å². The number of ketones is 2. The van der Waals surface area contributed by atoms with Crippen LogP contribution in [0.3, 0.4) is 0 Å². The Morgan fingerprint density at radius 1 is 0.814 bits per heavy atom. The van der Waals surface area contributed by atoms with Gasteiger partial charge in [-0.15, -0.1) is 0 Å². The van der Waals surface area contributed by atoms with Crippen LogP contribution >= 0.6 is 0 Å². The van der Waals surface area contributed by atoms with Gasteiger partial charge in [0.2, 0.25) is 0 Å². The molecule has 0 spiro atoms. The van der Waals surface area contributed by atoms with Crippen molar-refractivity contribution in [2.24, 2.45) is 5.92 Å². The third-order valence-electron chi connectivity index (χ3n) is 11.5. The van der Waals surface area contributed by atoms with Crippen LogP contribution in [0.15, 0.2) is 24.3 Å². The van der Waals surface area contributed by atoms with Crippen LogP contribution in [0.2, 0.25) is 0 Å². The number of aryl methyl sites for hydroxylation is 1. The number of methoxy groups -OCH3 is 1. The van der Waals surface area contributed by atoms with Crippen LogP contribution in [0.1, 0.15) is 91.9 Å². The Hall–Kier alpha value is -5.22.